The molecule has 2 N–H and O–H groups in total. The van der Waals surface area contributed by atoms with E-state index in [1.807, 2.05) is 0 Å². The van der Waals surface area contributed by atoms with Gasteiger partial charge in [-0.05, 0) is 44.5 Å². The molecule has 3 rings (SSSR count). The minimum atomic E-state index is -0.0441. The van der Waals surface area contributed by atoms with Gasteiger partial charge in [0.15, 0.2) is 11.5 Å². The van der Waals surface area contributed by atoms with Crippen LogP contribution in [0.3, 0.4) is 0 Å². The highest BCUT2D eigenvalue weighted by Crippen LogP contribution is 2.32. The van der Waals surface area contributed by atoms with Gasteiger partial charge in [0, 0.05) is 17.6 Å². The third kappa shape index (κ3) is 3.16. The molecule has 2 unspecified atom stereocenters. The van der Waals surface area contributed by atoms with Gasteiger partial charge in [-0.15, -0.1) is 12.4 Å². The summed E-state index contributed by atoms with van der Waals surface area (Å²) in [5.74, 6) is 1.30. The van der Waals surface area contributed by atoms with Gasteiger partial charge in [0.1, 0.15) is 0 Å². The van der Waals surface area contributed by atoms with Gasteiger partial charge in [0.2, 0.25) is 6.79 Å². The molecule has 2 heterocycles. The van der Waals surface area contributed by atoms with Crippen LogP contribution in [0.15, 0.2) is 18.2 Å². The van der Waals surface area contributed by atoms with E-state index in [2.05, 4.69) is 17.6 Å². The van der Waals surface area contributed by atoms with Crippen LogP contribution in [-0.4, -0.2) is 31.3 Å². The second kappa shape index (κ2) is 6.33. The predicted molar refractivity (Wildman–Crippen MR) is 77.8 cm³/mol. The zero-order chi connectivity index (χ0) is 13.2. The van der Waals surface area contributed by atoms with Crippen LogP contribution in [0.25, 0.3) is 0 Å². The lowest BCUT2D eigenvalue weighted by molar-refractivity contribution is 0.0925. The quantitative estimate of drug-likeness (QED) is 0.873. The van der Waals surface area contributed by atoms with E-state index >= 15 is 0 Å². The highest BCUT2D eigenvalue weighted by atomic mass is 35.5. The van der Waals surface area contributed by atoms with Crippen molar-refractivity contribution in [2.75, 3.05) is 13.3 Å². The Bertz CT molecular complexity index is 495. The molecule has 2 aliphatic heterocycles. The lowest BCUT2D eigenvalue weighted by Gasteiger charge is -2.28. The molecule has 0 radical (unpaired) electrons. The van der Waals surface area contributed by atoms with E-state index in [1.165, 1.54) is 0 Å². The van der Waals surface area contributed by atoms with E-state index < -0.39 is 0 Å². The minimum Gasteiger partial charge on any atom is -0.454 e. The van der Waals surface area contributed by atoms with Gasteiger partial charge in [0.05, 0.1) is 0 Å². The molecule has 2 aliphatic rings. The standard InChI is InChI=1S/C14H18N2O3.ClH/c1-9-6-11(4-5-15-9)16-14(17)10-2-3-12-13(7-10)19-8-18-12;/h2-3,7,9,11,15H,4-6,8H2,1H3,(H,16,17);1H. The first-order valence-electron chi connectivity index (χ1n) is 6.66. The highest BCUT2D eigenvalue weighted by Gasteiger charge is 2.22. The van der Waals surface area contributed by atoms with Gasteiger partial charge in [-0.25, -0.2) is 0 Å². The first-order chi connectivity index (χ1) is 9.22. The number of halogens is 1. The molecule has 1 fully saturated rings. The number of rotatable bonds is 2. The van der Waals surface area contributed by atoms with E-state index in [9.17, 15) is 4.79 Å². The molecule has 1 aromatic rings. The molecule has 110 valence electrons. The molecule has 6 heteroatoms. The lowest BCUT2D eigenvalue weighted by Crippen LogP contribution is -2.46. The van der Waals surface area contributed by atoms with Crippen molar-refractivity contribution in [3.63, 3.8) is 0 Å². The molecule has 1 aromatic carbocycles. The maximum absolute atomic E-state index is 12.2. The maximum atomic E-state index is 12.2. The second-order valence-electron chi connectivity index (χ2n) is 5.12. The topological polar surface area (TPSA) is 59.6 Å². The van der Waals surface area contributed by atoms with Crippen LogP contribution < -0.4 is 20.1 Å². The highest BCUT2D eigenvalue weighted by molar-refractivity contribution is 5.95. The summed E-state index contributed by atoms with van der Waals surface area (Å²) in [5, 5.41) is 6.45. The van der Waals surface area contributed by atoms with Gasteiger partial charge in [0.25, 0.3) is 5.91 Å². The van der Waals surface area contributed by atoms with E-state index in [0.29, 0.717) is 23.1 Å². The largest absolute Gasteiger partial charge is 0.454 e. The second-order valence-corrected chi connectivity index (χ2v) is 5.12. The van der Waals surface area contributed by atoms with Crippen molar-refractivity contribution in [2.24, 2.45) is 0 Å². The summed E-state index contributed by atoms with van der Waals surface area (Å²) in [6, 6.07) is 5.99. The van der Waals surface area contributed by atoms with Gasteiger partial charge in [-0.1, -0.05) is 0 Å². The Labute approximate surface area is 124 Å². The van der Waals surface area contributed by atoms with Crippen LogP contribution in [0.4, 0.5) is 0 Å². The fourth-order valence-electron chi connectivity index (χ4n) is 2.57. The molecule has 0 spiro atoms. The maximum Gasteiger partial charge on any atom is 0.251 e. The molecule has 20 heavy (non-hydrogen) atoms. The average Bonchev–Trinajstić information content (AvgIpc) is 2.85. The third-order valence-corrected chi connectivity index (χ3v) is 3.59. The Morgan fingerprint density at radius 2 is 2.15 bits per heavy atom. The normalized spacial score (nSPS) is 23.9. The van der Waals surface area contributed by atoms with Crippen LogP contribution >= 0.6 is 12.4 Å². The Kier molecular flexibility index (Phi) is 4.73. The molecule has 0 aromatic heterocycles. The monoisotopic (exact) mass is 298 g/mol. The van der Waals surface area contributed by atoms with E-state index in [0.717, 1.165) is 19.4 Å². The summed E-state index contributed by atoms with van der Waals surface area (Å²) in [5.41, 5.74) is 0.621. The summed E-state index contributed by atoms with van der Waals surface area (Å²) < 4.78 is 10.5. The first-order valence-corrected chi connectivity index (χ1v) is 6.66. The summed E-state index contributed by atoms with van der Waals surface area (Å²) in [4.78, 5) is 12.2. The fraction of sp³-hybridized carbons (Fsp3) is 0.500. The molecule has 0 bridgehead atoms. The van der Waals surface area contributed by atoms with Crippen LogP contribution in [-0.2, 0) is 0 Å². The number of ether oxygens (including phenoxy) is 2. The van der Waals surface area contributed by atoms with Crippen molar-refractivity contribution in [2.45, 2.75) is 31.8 Å². The van der Waals surface area contributed by atoms with Gasteiger partial charge < -0.3 is 20.1 Å². The summed E-state index contributed by atoms with van der Waals surface area (Å²) in [6.45, 7) is 3.32. The summed E-state index contributed by atoms with van der Waals surface area (Å²) in [6.07, 6.45) is 1.94. The van der Waals surface area contributed by atoms with Crippen molar-refractivity contribution < 1.29 is 14.3 Å². The van der Waals surface area contributed by atoms with Crippen molar-refractivity contribution in [3.8, 4) is 11.5 Å². The van der Waals surface area contributed by atoms with Crippen molar-refractivity contribution in [1.29, 1.82) is 0 Å². The SMILES string of the molecule is CC1CC(NC(=O)c2ccc3c(c2)OCO3)CCN1.Cl. The zero-order valence-electron chi connectivity index (χ0n) is 11.3. The number of hydrogen-bond donors (Lipinski definition) is 2. The van der Waals surface area contributed by atoms with Gasteiger partial charge in [-0.3, -0.25) is 4.79 Å². The number of carbonyl (C=O) groups is 1. The molecule has 0 saturated carbocycles. The van der Waals surface area contributed by atoms with Crippen molar-refractivity contribution in [3.05, 3.63) is 23.8 Å². The van der Waals surface area contributed by atoms with E-state index in [4.69, 9.17) is 9.47 Å². The summed E-state index contributed by atoms with van der Waals surface area (Å²) >= 11 is 0. The Balaban J connectivity index is 0.00000147. The smallest absolute Gasteiger partial charge is 0.251 e. The number of carbonyl (C=O) groups excluding carboxylic acids is 1. The zero-order valence-corrected chi connectivity index (χ0v) is 12.2. The van der Waals surface area contributed by atoms with Crippen LogP contribution in [0.2, 0.25) is 0 Å². The van der Waals surface area contributed by atoms with Crippen LogP contribution in [0.1, 0.15) is 30.1 Å². The molecule has 2 atom stereocenters. The van der Waals surface area contributed by atoms with E-state index in [1.54, 1.807) is 18.2 Å². The van der Waals surface area contributed by atoms with Crippen molar-refractivity contribution in [1.82, 2.24) is 10.6 Å². The average molecular weight is 299 g/mol. The van der Waals surface area contributed by atoms with Crippen LogP contribution in [0, 0.1) is 0 Å². The number of amides is 1. The first kappa shape index (κ1) is 14.9. The Morgan fingerprint density at radius 3 is 2.95 bits per heavy atom. The molecule has 1 amide bonds. The molecular formula is C14H19ClN2O3. The number of benzene rings is 1. The Morgan fingerprint density at radius 1 is 1.35 bits per heavy atom. The van der Waals surface area contributed by atoms with Crippen LogP contribution in [0.5, 0.6) is 11.5 Å². The number of fused-ring (bicyclic) bond motifs is 1. The van der Waals surface area contributed by atoms with E-state index in [-0.39, 0.29) is 31.1 Å². The minimum absolute atomic E-state index is 0. The molecular weight excluding hydrogens is 280 g/mol. The molecule has 0 aliphatic carbocycles. The van der Waals surface area contributed by atoms with Crippen molar-refractivity contribution >= 4 is 18.3 Å². The molecule has 5 nitrogen and oxygen atoms in total. The third-order valence-electron chi connectivity index (χ3n) is 3.59. The Hall–Kier alpha value is -1.46. The number of hydrogen-bond acceptors (Lipinski definition) is 4. The van der Waals surface area contributed by atoms with Gasteiger partial charge >= 0.3 is 0 Å². The fourth-order valence-corrected chi connectivity index (χ4v) is 2.57. The molecule has 1 saturated heterocycles. The number of nitrogens with one attached hydrogen (secondary N) is 2. The summed E-state index contributed by atoms with van der Waals surface area (Å²) in [7, 11) is 0. The number of piperidine rings is 1. The lowest BCUT2D eigenvalue weighted by atomic mass is 10.0. The van der Waals surface area contributed by atoms with Gasteiger partial charge in [-0.2, -0.15) is 0 Å². The predicted octanol–water partition coefficient (Wildman–Crippen LogP) is 1.71.